The lowest BCUT2D eigenvalue weighted by Gasteiger charge is -2.17. The molecule has 0 aliphatic carbocycles. The van der Waals surface area contributed by atoms with E-state index < -0.39 is 0 Å². The summed E-state index contributed by atoms with van der Waals surface area (Å²) in [7, 11) is 0. The summed E-state index contributed by atoms with van der Waals surface area (Å²) in [6, 6.07) is 14.0. The molecule has 0 atom stereocenters. The molecule has 1 aliphatic rings. The van der Waals surface area contributed by atoms with Crippen molar-refractivity contribution in [1.29, 1.82) is 0 Å². The Hall–Kier alpha value is -2.82. The molecule has 24 heavy (non-hydrogen) atoms. The first-order chi connectivity index (χ1) is 11.7. The third-order valence-corrected chi connectivity index (χ3v) is 4.42. The van der Waals surface area contributed by atoms with Crippen molar-refractivity contribution < 1.29 is 9.18 Å². The van der Waals surface area contributed by atoms with Crippen LogP contribution in [0, 0.1) is 5.82 Å². The number of fused-ring (bicyclic) bond motifs is 1. The van der Waals surface area contributed by atoms with Crippen molar-refractivity contribution in [2.75, 3.05) is 23.3 Å². The molecule has 2 N–H and O–H groups in total. The van der Waals surface area contributed by atoms with Crippen LogP contribution in [0.25, 0.3) is 10.9 Å². The molecule has 5 heteroatoms. The minimum atomic E-state index is -0.314. The minimum Gasteiger partial charge on any atom is -0.372 e. The van der Waals surface area contributed by atoms with E-state index in [0.717, 1.165) is 24.3 Å². The number of anilines is 2. The van der Waals surface area contributed by atoms with Gasteiger partial charge in [-0.25, -0.2) is 4.39 Å². The highest BCUT2D eigenvalue weighted by molar-refractivity contribution is 6.06. The number of benzene rings is 2. The van der Waals surface area contributed by atoms with Crippen molar-refractivity contribution in [3.05, 3.63) is 60.0 Å². The van der Waals surface area contributed by atoms with Crippen LogP contribution in [0.5, 0.6) is 0 Å². The standard InChI is InChI=1S/C19H18FN3O/c20-14-3-8-17-13(11-14)12-18(22-17)19(24)21-15-4-6-16(7-5-15)23-9-1-2-10-23/h3-8,11-12,22H,1-2,9-10H2,(H,21,24). The lowest BCUT2D eigenvalue weighted by molar-refractivity contribution is 0.102. The van der Waals surface area contributed by atoms with Gasteiger partial charge in [-0.15, -0.1) is 0 Å². The van der Waals surface area contributed by atoms with E-state index in [9.17, 15) is 9.18 Å². The number of hydrogen-bond donors (Lipinski definition) is 2. The smallest absolute Gasteiger partial charge is 0.272 e. The van der Waals surface area contributed by atoms with Crippen molar-refractivity contribution in [2.45, 2.75) is 12.8 Å². The van der Waals surface area contributed by atoms with Crippen LogP contribution in [-0.2, 0) is 0 Å². The number of halogens is 1. The maximum atomic E-state index is 13.2. The lowest BCUT2D eigenvalue weighted by atomic mass is 10.2. The number of aromatic nitrogens is 1. The highest BCUT2D eigenvalue weighted by Crippen LogP contribution is 2.23. The molecule has 4 nitrogen and oxygen atoms in total. The molecule has 4 rings (SSSR count). The molecule has 2 heterocycles. The van der Waals surface area contributed by atoms with Crippen LogP contribution >= 0.6 is 0 Å². The summed E-state index contributed by atoms with van der Waals surface area (Å²) in [6.45, 7) is 2.19. The fourth-order valence-electron chi connectivity index (χ4n) is 3.16. The lowest BCUT2D eigenvalue weighted by Crippen LogP contribution is -2.17. The quantitative estimate of drug-likeness (QED) is 0.760. The maximum Gasteiger partial charge on any atom is 0.272 e. The summed E-state index contributed by atoms with van der Waals surface area (Å²) in [4.78, 5) is 17.7. The SMILES string of the molecule is O=C(Nc1ccc(N2CCCC2)cc1)c1cc2cc(F)ccc2[nH]1. The number of aromatic amines is 1. The molecule has 0 unspecified atom stereocenters. The van der Waals surface area contributed by atoms with Gasteiger partial charge in [0, 0.05) is 35.4 Å². The summed E-state index contributed by atoms with van der Waals surface area (Å²) >= 11 is 0. The van der Waals surface area contributed by atoms with Gasteiger partial charge in [0.05, 0.1) is 0 Å². The Bertz CT molecular complexity index is 879. The second kappa shape index (κ2) is 6.00. The molecule has 1 aliphatic heterocycles. The molecule has 2 aromatic carbocycles. The van der Waals surface area contributed by atoms with E-state index in [1.807, 2.05) is 24.3 Å². The van der Waals surface area contributed by atoms with E-state index in [1.54, 1.807) is 12.1 Å². The van der Waals surface area contributed by atoms with Crippen molar-refractivity contribution in [3.63, 3.8) is 0 Å². The van der Waals surface area contributed by atoms with Gasteiger partial charge in [0.25, 0.3) is 5.91 Å². The number of H-pyrrole nitrogens is 1. The Morgan fingerprint density at radius 2 is 1.79 bits per heavy atom. The molecule has 0 saturated carbocycles. The van der Waals surface area contributed by atoms with Gasteiger partial charge in [-0.05, 0) is 61.4 Å². The Morgan fingerprint density at radius 1 is 1.04 bits per heavy atom. The minimum absolute atomic E-state index is 0.236. The van der Waals surface area contributed by atoms with Gasteiger partial charge in [0.1, 0.15) is 11.5 Å². The Morgan fingerprint density at radius 3 is 2.54 bits per heavy atom. The zero-order valence-electron chi connectivity index (χ0n) is 13.2. The van der Waals surface area contributed by atoms with Gasteiger partial charge in [0.2, 0.25) is 0 Å². The second-order valence-electron chi connectivity index (χ2n) is 6.11. The van der Waals surface area contributed by atoms with Crippen molar-refractivity contribution in [1.82, 2.24) is 4.98 Å². The van der Waals surface area contributed by atoms with E-state index >= 15 is 0 Å². The molecule has 3 aromatic rings. The molecular formula is C19H18FN3O. The highest BCUT2D eigenvalue weighted by atomic mass is 19.1. The average molecular weight is 323 g/mol. The van der Waals surface area contributed by atoms with E-state index in [2.05, 4.69) is 15.2 Å². The number of rotatable bonds is 3. The van der Waals surface area contributed by atoms with Gasteiger partial charge in [-0.1, -0.05) is 0 Å². The Labute approximate surface area is 139 Å². The summed E-state index contributed by atoms with van der Waals surface area (Å²) < 4.78 is 13.2. The average Bonchev–Trinajstić information content (AvgIpc) is 3.24. The van der Waals surface area contributed by atoms with Crippen LogP contribution in [0.1, 0.15) is 23.3 Å². The Balaban J connectivity index is 1.50. The Kier molecular flexibility index (Phi) is 3.69. The fourth-order valence-corrected chi connectivity index (χ4v) is 3.16. The zero-order valence-corrected chi connectivity index (χ0v) is 13.2. The fraction of sp³-hybridized carbons (Fsp3) is 0.211. The summed E-state index contributed by atoms with van der Waals surface area (Å²) in [5, 5.41) is 3.55. The normalized spacial score (nSPS) is 14.3. The van der Waals surface area contributed by atoms with Gasteiger partial charge < -0.3 is 15.2 Å². The van der Waals surface area contributed by atoms with Crippen molar-refractivity contribution >= 4 is 28.2 Å². The monoisotopic (exact) mass is 323 g/mol. The molecule has 0 spiro atoms. The molecule has 1 saturated heterocycles. The highest BCUT2D eigenvalue weighted by Gasteiger charge is 2.13. The molecule has 1 fully saturated rings. The van der Waals surface area contributed by atoms with E-state index in [-0.39, 0.29) is 11.7 Å². The van der Waals surface area contributed by atoms with Crippen LogP contribution in [0.3, 0.4) is 0 Å². The number of carbonyl (C=O) groups is 1. The summed E-state index contributed by atoms with van der Waals surface area (Å²) in [5.74, 6) is -0.550. The second-order valence-corrected chi connectivity index (χ2v) is 6.11. The van der Waals surface area contributed by atoms with Gasteiger partial charge in [-0.2, -0.15) is 0 Å². The van der Waals surface area contributed by atoms with Gasteiger partial charge in [0.15, 0.2) is 0 Å². The van der Waals surface area contributed by atoms with E-state index in [0.29, 0.717) is 11.1 Å². The van der Waals surface area contributed by atoms with Crippen LogP contribution in [0.4, 0.5) is 15.8 Å². The molecule has 1 amide bonds. The molecule has 0 bridgehead atoms. The van der Waals surface area contributed by atoms with Gasteiger partial charge in [-0.3, -0.25) is 4.79 Å². The molecule has 0 radical (unpaired) electrons. The summed E-state index contributed by atoms with van der Waals surface area (Å²) in [6.07, 6.45) is 2.47. The third kappa shape index (κ3) is 2.85. The van der Waals surface area contributed by atoms with Crippen molar-refractivity contribution in [2.24, 2.45) is 0 Å². The molecule has 1 aromatic heterocycles. The van der Waals surface area contributed by atoms with E-state index in [1.165, 1.54) is 30.7 Å². The molecule has 122 valence electrons. The number of nitrogens with one attached hydrogen (secondary N) is 2. The number of nitrogens with zero attached hydrogens (tertiary/aromatic N) is 1. The first-order valence-corrected chi connectivity index (χ1v) is 8.14. The summed E-state index contributed by atoms with van der Waals surface area (Å²) in [5.41, 5.74) is 3.09. The molecular weight excluding hydrogens is 305 g/mol. The van der Waals surface area contributed by atoms with Crippen molar-refractivity contribution in [3.8, 4) is 0 Å². The van der Waals surface area contributed by atoms with Crippen LogP contribution in [0.2, 0.25) is 0 Å². The van der Waals surface area contributed by atoms with Crippen LogP contribution in [0.15, 0.2) is 48.5 Å². The first kappa shape index (κ1) is 14.8. The predicted molar refractivity (Wildman–Crippen MR) is 94.1 cm³/mol. The largest absolute Gasteiger partial charge is 0.372 e. The first-order valence-electron chi connectivity index (χ1n) is 8.14. The maximum absolute atomic E-state index is 13.2. The third-order valence-electron chi connectivity index (χ3n) is 4.42. The topological polar surface area (TPSA) is 48.1 Å². The predicted octanol–water partition coefficient (Wildman–Crippen LogP) is 4.16. The number of amides is 1. The van der Waals surface area contributed by atoms with E-state index in [4.69, 9.17) is 0 Å². The van der Waals surface area contributed by atoms with Crippen LogP contribution in [-0.4, -0.2) is 24.0 Å². The zero-order chi connectivity index (χ0) is 16.5. The van der Waals surface area contributed by atoms with Gasteiger partial charge >= 0.3 is 0 Å². The number of carbonyl (C=O) groups excluding carboxylic acids is 1. The van der Waals surface area contributed by atoms with Crippen LogP contribution < -0.4 is 10.2 Å². The number of hydrogen-bond acceptors (Lipinski definition) is 2.